The topological polar surface area (TPSA) is 54.4 Å². The number of aliphatic carboxylic acids is 1. The van der Waals surface area contributed by atoms with Gasteiger partial charge >= 0.3 is 5.97 Å². The van der Waals surface area contributed by atoms with E-state index in [0.717, 1.165) is 9.13 Å². The van der Waals surface area contributed by atoms with Gasteiger partial charge in [0.2, 0.25) is 0 Å². The lowest BCUT2D eigenvalue weighted by atomic mass is 10.2. The molecule has 0 saturated carbocycles. The van der Waals surface area contributed by atoms with Crippen LogP contribution >= 0.6 is 22.6 Å². The lowest BCUT2D eigenvalue weighted by molar-refractivity contribution is -0.139. The van der Waals surface area contributed by atoms with Crippen LogP contribution in [0.3, 0.4) is 0 Å². The minimum absolute atomic E-state index is 0.274. The zero-order chi connectivity index (χ0) is 12.3. The third kappa shape index (κ3) is 3.28. The van der Waals surface area contributed by atoms with E-state index in [2.05, 4.69) is 22.6 Å². The van der Waals surface area contributed by atoms with Crippen molar-refractivity contribution in [2.45, 2.75) is 24.3 Å². The van der Waals surface area contributed by atoms with Gasteiger partial charge in [0.1, 0.15) is 4.75 Å². The van der Waals surface area contributed by atoms with Gasteiger partial charge in [0.15, 0.2) is 0 Å². The first-order chi connectivity index (χ1) is 7.34. The van der Waals surface area contributed by atoms with Gasteiger partial charge in [-0.1, -0.05) is 12.1 Å². The minimum Gasteiger partial charge on any atom is -0.480 e. The molecule has 0 aromatic heterocycles. The summed E-state index contributed by atoms with van der Waals surface area (Å²) < 4.78 is 11.8. The lowest BCUT2D eigenvalue weighted by Crippen LogP contribution is -2.37. The Balaban J connectivity index is 2.79. The first kappa shape index (κ1) is 13.6. The van der Waals surface area contributed by atoms with Crippen LogP contribution in [-0.4, -0.2) is 20.0 Å². The molecule has 0 bridgehead atoms. The standard InChI is InChI=1S/C11H13IO3S/c1-11(2,10(13)14)16(15)7-8-3-5-9(12)6-4-8/h3-6H,7H2,1-2H3,(H,13,14). The van der Waals surface area contributed by atoms with Crippen LogP contribution in [0.4, 0.5) is 0 Å². The van der Waals surface area contributed by atoms with Crippen molar-refractivity contribution in [3.63, 3.8) is 0 Å². The molecular weight excluding hydrogens is 339 g/mol. The van der Waals surface area contributed by atoms with Crippen molar-refractivity contribution >= 4 is 39.4 Å². The van der Waals surface area contributed by atoms with Gasteiger partial charge in [-0.25, -0.2) is 0 Å². The van der Waals surface area contributed by atoms with Crippen molar-refractivity contribution in [3.05, 3.63) is 33.4 Å². The van der Waals surface area contributed by atoms with E-state index >= 15 is 0 Å². The monoisotopic (exact) mass is 352 g/mol. The summed E-state index contributed by atoms with van der Waals surface area (Å²) in [5.74, 6) is -0.757. The van der Waals surface area contributed by atoms with Crippen molar-refractivity contribution < 1.29 is 14.1 Å². The fourth-order valence-electron chi connectivity index (χ4n) is 1.01. The molecular formula is C11H13IO3S. The van der Waals surface area contributed by atoms with Crippen molar-refractivity contribution in [1.82, 2.24) is 0 Å². The van der Waals surface area contributed by atoms with E-state index in [9.17, 15) is 9.00 Å². The maximum Gasteiger partial charge on any atom is 0.321 e. The average Bonchev–Trinajstić information content (AvgIpc) is 2.21. The number of rotatable bonds is 4. The summed E-state index contributed by atoms with van der Waals surface area (Å²) in [6.45, 7) is 2.97. The van der Waals surface area contributed by atoms with Gasteiger partial charge < -0.3 is 5.11 Å². The summed E-state index contributed by atoms with van der Waals surface area (Å²) in [5, 5.41) is 8.94. The van der Waals surface area contributed by atoms with Gasteiger partial charge in [-0.2, -0.15) is 0 Å². The van der Waals surface area contributed by atoms with Crippen LogP contribution in [0.25, 0.3) is 0 Å². The Kier molecular flexibility index (Phi) is 4.49. The van der Waals surface area contributed by atoms with Crippen LogP contribution in [0.15, 0.2) is 24.3 Å². The first-order valence-corrected chi connectivity index (χ1v) is 7.10. The fraction of sp³-hybridized carbons (Fsp3) is 0.364. The van der Waals surface area contributed by atoms with Gasteiger partial charge in [0.25, 0.3) is 0 Å². The molecule has 1 N–H and O–H groups in total. The second-order valence-electron chi connectivity index (χ2n) is 3.93. The number of carboxylic acids is 1. The number of halogens is 1. The number of hydrogen-bond donors (Lipinski definition) is 1. The molecule has 0 amide bonds. The quantitative estimate of drug-likeness (QED) is 0.847. The molecule has 1 rings (SSSR count). The van der Waals surface area contributed by atoms with E-state index in [1.54, 1.807) is 0 Å². The van der Waals surface area contributed by atoms with E-state index in [4.69, 9.17) is 5.11 Å². The van der Waals surface area contributed by atoms with E-state index in [1.165, 1.54) is 13.8 Å². The number of carboxylic acid groups (broad SMARTS) is 1. The van der Waals surface area contributed by atoms with Gasteiger partial charge in [-0.05, 0) is 54.1 Å². The zero-order valence-corrected chi connectivity index (χ0v) is 12.0. The maximum absolute atomic E-state index is 11.9. The molecule has 0 spiro atoms. The molecule has 1 aromatic carbocycles. The fourth-order valence-corrected chi connectivity index (χ4v) is 2.42. The molecule has 0 saturated heterocycles. The predicted octanol–water partition coefficient (Wildman–Crippen LogP) is 2.40. The summed E-state index contributed by atoms with van der Waals surface area (Å²) in [5.41, 5.74) is 0.896. The molecule has 1 unspecified atom stereocenters. The van der Waals surface area contributed by atoms with Gasteiger partial charge in [-0.15, -0.1) is 0 Å². The molecule has 0 aliphatic heterocycles. The van der Waals surface area contributed by atoms with Crippen molar-refractivity contribution in [2.75, 3.05) is 0 Å². The Hall–Kier alpha value is -0.430. The molecule has 88 valence electrons. The molecule has 1 atom stereocenters. The molecule has 5 heteroatoms. The van der Waals surface area contributed by atoms with Crippen molar-refractivity contribution in [2.24, 2.45) is 0 Å². The predicted molar refractivity (Wildman–Crippen MR) is 72.7 cm³/mol. The van der Waals surface area contributed by atoms with Gasteiger partial charge in [-0.3, -0.25) is 9.00 Å². The Morgan fingerprint density at radius 2 is 1.88 bits per heavy atom. The van der Waals surface area contributed by atoms with Crippen LogP contribution in [0, 0.1) is 3.57 Å². The Bertz CT molecular complexity index is 412. The largest absolute Gasteiger partial charge is 0.480 e. The van der Waals surface area contributed by atoms with Crippen LogP contribution in [-0.2, 0) is 21.3 Å². The molecule has 1 aromatic rings. The van der Waals surface area contributed by atoms with Crippen LogP contribution in [0.1, 0.15) is 19.4 Å². The lowest BCUT2D eigenvalue weighted by Gasteiger charge is -2.18. The van der Waals surface area contributed by atoms with Crippen molar-refractivity contribution in [1.29, 1.82) is 0 Å². The summed E-state index contributed by atoms with van der Waals surface area (Å²) in [4.78, 5) is 10.9. The van der Waals surface area contributed by atoms with Gasteiger partial charge in [0.05, 0.1) is 0 Å². The van der Waals surface area contributed by atoms with Crippen LogP contribution in [0.5, 0.6) is 0 Å². The molecule has 0 heterocycles. The minimum atomic E-state index is -1.42. The highest BCUT2D eigenvalue weighted by atomic mass is 127. The third-order valence-electron chi connectivity index (χ3n) is 2.30. The highest BCUT2D eigenvalue weighted by Gasteiger charge is 2.34. The number of hydrogen-bond acceptors (Lipinski definition) is 2. The molecule has 0 aliphatic carbocycles. The van der Waals surface area contributed by atoms with E-state index in [0.29, 0.717) is 0 Å². The summed E-state index contributed by atoms with van der Waals surface area (Å²) in [7, 11) is -1.42. The second-order valence-corrected chi connectivity index (χ2v) is 7.18. The molecule has 0 fully saturated rings. The second kappa shape index (κ2) is 5.27. The van der Waals surface area contributed by atoms with E-state index in [1.807, 2.05) is 24.3 Å². The Morgan fingerprint density at radius 3 is 2.31 bits per heavy atom. The number of carbonyl (C=O) groups is 1. The van der Waals surface area contributed by atoms with E-state index in [-0.39, 0.29) is 5.75 Å². The highest BCUT2D eigenvalue weighted by molar-refractivity contribution is 14.1. The average molecular weight is 352 g/mol. The highest BCUT2D eigenvalue weighted by Crippen LogP contribution is 2.18. The molecule has 0 radical (unpaired) electrons. The summed E-state index contributed by atoms with van der Waals surface area (Å²) in [6.07, 6.45) is 0. The van der Waals surface area contributed by atoms with Crippen LogP contribution < -0.4 is 0 Å². The molecule has 0 aliphatic rings. The zero-order valence-electron chi connectivity index (χ0n) is 9.07. The normalized spacial score (nSPS) is 13.4. The number of benzene rings is 1. The maximum atomic E-state index is 11.9. The SMILES string of the molecule is CC(C)(C(=O)O)S(=O)Cc1ccc(I)cc1. The molecule has 16 heavy (non-hydrogen) atoms. The van der Waals surface area contributed by atoms with Crippen LogP contribution in [0.2, 0.25) is 0 Å². The smallest absolute Gasteiger partial charge is 0.321 e. The third-order valence-corrected chi connectivity index (χ3v) is 4.92. The first-order valence-electron chi connectivity index (χ1n) is 4.70. The Morgan fingerprint density at radius 1 is 1.38 bits per heavy atom. The van der Waals surface area contributed by atoms with E-state index < -0.39 is 21.5 Å². The summed E-state index contributed by atoms with van der Waals surface area (Å²) in [6, 6.07) is 7.58. The molecule has 3 nitrogen and oxygen atoms in total. The Labute approximate surface area is 111 Å². The van der Waals surface area contributed by atoms with Gasteiger partial charge in [0, 0.05) is 20.1 Å². The summed E-state index contributed by atoms with van der Waals surface area (Å²) >= 11 is 2.19. The van der Waals surface area contributed by atoms with Crippen molar-refractivity contribution in [3.8, 4) is 0 Å².